The second-order valence-electron chi connectivity index (χ2n) is 7.98. The van der Waals surface area contributed by atoms with Crippen molar-refractivity contribution in [3.8, 4) is 0 Å². The molecule has 8 nitrogen and oxygen atoms in total. The third-order valence-corrected chi connectivity index (χ3v) is 5.67. The Kier molecular flexibility index (Phi) is 12.0. The van der Waals surface area contributed by atoms with Gasteiger partial charge in [0.15, 0.2) is 5.96 Å². The number of halogens is 1. The third-order valence-electron chi connectivity index (χ3n) is 5.67. The van der Waals surface area contributed by atoms with Crippen LogP contribution in [0.1, 0.15) is 43.3 Å². The van der Waals surface area contributed by atoms with Crippen molar-refractivity contribution in [3.63, 3.8) is 0 Å². The van der Waals surface area contributed by atoms with E-state index in [0.29, 0.717) is 0 Å². The molecule has 0 aliphatic carbocycles. The SMILES string of the molecule is CCc1nncn1CCNC(=NCCCN1CCOCC1)NC(C)c1ccccc1C.I. The van der Waals surface area contributed by atoms with Crippen molar-refractivity contribution in [1.82, 2.24) is 30.3 Å². The fourth-order valence-corrected chi connectivity index (χ4v) is 3.85. The molecule has 9 heteroatoms. The average Bonchev–Trinajstić information content (AvgIpc) is 3.25. The molecule has 1 aromatic carbocycles. The minimum Gasteiger partial charge on any atom is -0.379 e. The summed E-state index contributed by atoms with van der Waals surface area (Å²) in [5.41, 5.74) is 2.57. The zero-order valence-electron chi connectivity index (χ0n) is 19.6. The summed E-state index contributed by atoms with van der Waals surface area (Å²) in [5.74, 6) is 1.86. The topological polar surface area (TPSA) is 79.6 Å². The van der Waals surface area contributed by atoms with Crippen LogP contribution < -0.4 is 10.6 Å². The van der Waals surface area contributed by atoms with E-state index in [0.717, 1.165) is 77.1 Å². The molecule has 32 heavy (non-hydrogen) atoms. The second-order valence-corrected chi connectivity index (χ2v) is 7.98. The van der Waals surface area contributed by atoms with E-state index in [2.05, 4.69) is 75.3 Å². The lowest BCUT2D eigenvalue weighted by Gasteiger charge is -2.26. The van der Waals surface area contributed by atoms with E-state index < -0.39 is 0 Å². The number of benzene rings is 1. The zero-order valence-corrected chi connectivity index (χ0v) is 21.9. The summed E-state index contributed by atoms with van der Waals surface area (Å²) >= 11 is 0. The quantitative estimate of drug-likeness (QED) is 0.203. The van der Waals surface area contributed by atoms with Crippen LogP contribution in [-0.4, -0.2) is 71.6 Å². The maximum atomic E-state index is 5.43. The number of guanidine groups is 1. The second kappa shape index (κ2) is 14.4. The first-order valence-corrected chi connectivity index (χ1v) is 11.4. The number of nitrogens with zero attached hydrogens (tertiary/aromatic N) is 5. The standard InChI is InChI=1S/C23H37N7O.HI/c1-4-22-28-26-18-30(22)13-11-25-23(24-10-7-12-29-14-16-31-17-15-29)27-20(3)21-9-6-5-8-19(21)2;/h5-6,8-9,18,20H,4,7,10-17H2,1-3H3,(H2,24,25,27);1H. The summed E-state index contributed by atoms with van der Waals surface area (Å²) < 4.78 is 7.52. The largest absolute Gasteiger partial charge is 0.379 e. The smallest absolute Gasteiger partial charge is 0.191 e. The van der Waals surface area contributed by atoms with Gasteiger partial charge in [-0.2, -0.15) is 0 Å². The number of morpholine rings is 1. The van der Waals surface area contributed by atoms with Crippen molar-refractivity contribution in [1.29, 1.82) is 0 Å². The molecule has 0 radical (unpaired) electrons. The average molecular weight is 556 g/mol. The molecule has 2 aromatic rings. The molecule has 3 rings (SSSR count). The van der Waals surface area contributed by atoms with E-state index in [1.54, 1.807) is 6.33 Å². The summed E-state index contributed by atoms with van der Waals surface area (Å²) in [6.07, 6.45) is 3.71. The predicted octanol–water partition coefficient (Wildman–Crippen LogP) is 2.79. The highest BCUT2D eigenvalue weighted by Gasteiger charge is 2.12. The molecule has 1 aliphatic heterocycles. The van der Waals surface area contributed by atoms with Crippen LogP contribution in [0, 0.1) is 6.92 Å². The molecule has 0 saturated carbocycles. The van der Waals surface area contributed by atoms with Crippen LogP contribution in [0.15, 0.2) is 35.6 Å². The minimum atomic E-state index is 0. The first kappa shape index (κ1) is 26.5. The highest BCUT2D eigenvalue weighted by atomic mass is 127. The summed E-state index contributed by atoms with van der Waals surface area (Å²) in [6, 6.07) is 8.67. The van der Waals surface area contributed by atoms with Gasteiger partial charge in [-0.25, -0.2) is 0 Å². The number of ether oxygens (including phenoxy) is 1. The molecule has 1 aromatic heterocycles. The Morgan fingerprint density at radius 3 is 2.75 bits per heavy atom. The lowest BCUT2D eigenvalue weighted by atomic mass is 10.0. The molecule has 2 N–H and O–H groups in total. The van der Waals surface area contributed by atoms with Gasteiger partial charge < -0.3 is 19.9 Å². The van der Waals surface area contributed by atoms with Crippen molar-refractivity contribution in [3.05, 3.63) is 47.5 Å². The first-order valence-electron chi connectivity index (χ1n) is 11.4. The third kappa shape index (κ3) is 8.32. The van der Waals surface area contributed by atoms with Gasteiger partial charge in [0.1, 0.15) is 12.2 Å². The van der Waals surface area contributed by atoms with Crippen LogP contribution in [0.5, 0.6) is 0 Å². The minimum absolute atomic E-state index is 0. The summed E-state index contributed by atoms with van der Waals surface area (Å²) in [6.45, 7) is 13.6. The molecule has 0 bridgehead atoms. The maximum absolute atomic E-state index is 5.43. The Balaban J connectivity index is 0.00000363. The lowest BCUT2D eigenvalue weighted by Crippen LogP contribution is -2.41. The van der Waals surface area contributed by atoms with E-state index >= 15 is 0 Å². The zero-order chi connectivity index (χ0) is 21.9. The number of aryl methyl sites for hydroxylation is 2. The molecular formula is C23H38IN7O. The Hall–Kier alpha value is -1.72. The maximum Gasteiger partial charge on any atom is 0.191 e. The van der Waals surface area contributed by atoms with Crippen LogP contribution in [-0.2, 0) is 17.7 Å². The van der Waals surface area contributed by atoms with Crippen LogP contribution >= 0.6 is 24.0 Å². The summed E-state index contributed by atoms with van der Waals surface area (Å²) in [7, 11) is 0. The Labute approximate surface area is 209 Å². The van der Waals surface area contributed by atoms with Crippen LogP contribution in [0.2, 0.25) is 0 Å². The number of nitrogens with one attached hydrogen (secondary N) is 2. The van der Waals surface area contributed by atoms with Crippen molar-refractivity contribution in [2.24, 2.45) is 4.99 Å². The molecule has 1 atom stereocenters. The van der Waals surface area contributed by atoms with Gasteiger partial charge in [0.05, 0.1) is 19.3 Å². The van der Waals surface area contributed by atoms with Crippen LogP contribution in [0.4, 0.5) is 0 Å². The van der Waals surface area contributed by atoms with E-state index in [-0.39, 0.29) is 30.0 Å². The molecule has 0 spiro atoms. The van der Waals surface area contributed by atoms with Gasteiger partial charge in [-0.1, -0.05) is 31.2 Å². The molecule has 178 valence electrons. The molecule has 1 saturated heterocycles. The van der Waals surface area contributed by atoms with Gasteiger partial charge in [-0.15, -0.1) is 34.2 Å². The molecule has 1 unspecified atom stereocenters. The molecule has 1 fully saturated rings. The van der Waals surface area contributed by atoms with E-state index in [4.69, 9.17) is 9.73 Å². The normalized spacial score (nSPS) is 15.8. The molecule has 0 amide bonds. The van der Waals surface area contributed by atoms with Gasteiger partial charge in [0.2, 0.25) is 0 Å². The predicted molar refractivity (Wildman–Crippen MR) is 140 cm³/mol. The first-order chi connectivity index (χ1) is 15.2. The van der Waals surface area contributed by atoms with E-state index in [1.807, 2.05) is 0 Å². The van der Waals surface area contributed by atoms with Crippen molar-refractivity contribution in [2.45, 2.75) is 46.2 Å². The number of hydrogen-bond acceptors (Lipinski definition) is 5. The Morgan fingerprint density at radius 1 is 1.22 bits per heavy atom. The van der Waals surface area contributed by atoms with Crippen molar-refractivity contribution in [2.75, 3.05) is 45.9 Å². The highest BCUT2D eigenvalue weighted by molar-refractivity contribution is 14.0. The van der Waals surface area contributed by atoms with Crippen molar-refractivity contribution < 1.29 is 4.74 Å². The monoisotopic (exact) mass is 555 g/mol. The highest BCUT2D eigenvalue weighted by Crippen LogP contribution is 2.16. The number of rotatable bonds is 10. The van der Waals surface area contributed by atoms with Crippen LogP contribution in [0.3, 0.4) is 0 Å². The fourth-order valence-electron chi connectivity index (χ4n) is 3.85. The van der Waals surface area contributed by atoms with Gasteiger partial charge in [0.25, 0.3) is 0 Å². The number of hydrogen-bond donors (Lipinski definition) is 2. The Bertz CT molecular complexity index is 820. The molecule has 1 aliphatic rings. The van der Waals surface area contributed by atoms with Gasteiger partial charge >= 0.3 is 0 Å². The molecular weight excluding hydrogens is 517 g/mol. The van der Waals surface area contributed by atoms with E-state index in [9.17, 15) is 0 Å². The lowest BCUT2D eigenvalue weighted by molar-refractivity contribution is 0.0377. The summed E-state index contributed by atoms with van der Waals surface area (Å²) in [4.78, 5) is 7.31. The number of aliphatic imine (C=N–C) groups is 1. The summed E-state index contributed by atoms with van der Waals surface area (Å²) in [5, 5.41) is 15.3. The van der Waals surface area contributed by atoms with Gasteiger partial charge in [-0.3, -0.25) is 9.89 Å². The van der Waals surface area contributed by atoms with Crippen molar-refractivity contribution >= 4 is 29.9 Å². The van der Waals surface area contributed by atoms with Crippen LogP contribution in [0.25, 0.3) is 0 Å². The van der Waals surface area contributed by atoms with E-state index in [1.165, 1.54) is 11.1 Å². The number of aromatic nitrogens is 3. The fraction of sp³-hybridized carbons (Fsp3) is 0.609. The van der Waals surface area contributed by atoms with Gasteiger partial charge in [-0.05, 0) is 31.4 Å². The Morgan fingerprint density at radius 2 is 2.00 bits per heavy atom. The van der Waals surface area contributed by atoms with Gasteiger partial charge in [0, 0.05) is 45.7 Å². The molecule has 2 heterocycles.